The summed E-state index contributed by atoms with van der Waals surface area (Å²) in [5.41, 5.74) is 8.22. The van der Waals surface area contributed by atoms with Crippen LogP contribution >= 0.6 is 0 Å². The predicted molar refractivity (Wildman–Crippen MR) is 95.4 cm³/mol. The fourth-order valence-corrected chi connectivity index (χ4v) is 2.17. The summed E-state index contributed by atoms with van der Waals surface area (Å²) in [4.78, 5) is 23.2. The molecule has 1 aromatic rings. The van der Waals surface area contributed by atoms with Crippen LogP contribution in [0.15, 0.2) is 36.2 Å². The maximum Gasteiger partial charge on any atom is 0.245 e. The Hall–Kier alpha value is -2.54. The molecule has 7 heteroatoms. The van der Waals surface area contributed by atoms with Crippen LogP contribution in [-0.4, -0.2) is 29.4 Å². The summed E-state index contributed by atoms with van der Waals surface area (Å²) in [7, 11) is 0. The zero-order valence-electron chi connectivity index (χ0n) is 14.7. The van der Waals surface area contributed by atoms with E-state index in [0.717, 1.165) is 5.56 Å². The van der Waals surface area contributed by atoms with Crippen LogP contribution in [0.1, 0.15) is 26.3 Å². The Balaban J connectivity index is 2.64. The molecule has 1 rings (SSSR count). The van der Waals surface area contributed by atoms with E-state index in [9.17, 15) is 9.59 Å². The third-order valence-corrected chi connectivity index (χ3v) is 3.36. The molecule has 0 aromatic heterocycles. The van der Waals surface area contributed by atoms with Gasteiger partial charge in [0.2, 0.25) is 11.8 Å². The van der Waals surface area contributed by atoms with Crippen molar-refractivity contribution in [3.05, 3.63) is 41.7 Å². The van der Waals surface area contributed by atoms with Gasteiger partial charge in [-0.3, -0.25) is 9.59 Å². The monoisotopic (exact) mass is 333 g/mol. The summed E-state index contributed by atoms with van der Waals surface area (Å²) in [6, 6.07) is 7.13. The first-order chi connectivity index (χ1) is 11.2. The lowest BCUT2D eigenvalue weighted by molar-refractivity contribution is -0.120. The van der Waals surface area contributed by atoms with E-state index in [0.29, 0.717) is 11.4 Å². The number of nitrogens with one attached hydrogen (secondary N) is 2. The molecular weight excluding hydrogens is 306 g/mol. The minimum absolute atomic E-state index is 0.0561. The third-order valence-electron chi connectivity index (χ3n) is 3.36. The third kappa shape index (κ3) is 6.70. The number of nitrogens with zero attached hydrogens (tertiary/aromatic N) is 1. The van der Waals surface area contributed by atoms with Crippen molar-refractivity contribution in [1.82, 2.24) is 10.3 Å². The van der Waals surface area contributed by atoms with Gasteiger partial charge in [0.05, 0.1) is 6.04 Å². The Labute approximate surface area is 143 Å². The van der Waals surface area contributed by atoms with Crippen molar-refractivity contribution in [1.29, 1.82) is 0 Å². The Kier molecular flexibility index (Phi) is 7.26. The van der Waals surface area contributed by atoms with Gasteiger partial charge in [0.1, 0.15) is 6.54 Å². The van der Waals surface area contributed by atoms with Crippen LogP contribution in [0.4, 0.5) is 5.69 Å². The lowest BCUT2D eigenvalue weighted by Crippen LogP contribution is -2.43. The molecule has 132 valence electrons. The molecule has 0 aliphatic rings. The number of carbonyl (C=O) groups is 2. The van der Waals surface area contributed by atoms with Crippen LogP contribution in [0.5, 0.6) is 0 Å². The first-order valence-corrected chi connectivity index (χ1v) is 7.81. The summed E-state index contributed by atoms with van der Waals surface area (Å²) in [5.74, 6) is 5.49. The maximum atomic E-state index is 12.0. The highest BCUT2D eigenvalue weighted by Crippen LogP contribution is 2.10. The molecule has 0 heterocycles. The minimum Gasteiger partial charge on any atom is -0.399 e. The van der Waals surface area contributed by atoms with Crippen molar-refractivity contribution in [3.63, 3.8) is 0 Å². The molecule has 0 saturated carbocycles. The minimum atomic E-state index is -0.339. The van der Waals surface area contributed by atoms with E-state index in [1.807, 2.05) is 45.0 Å². The number of hydrazine groups is 1. The second-order valence-corrected chi connectivity index (χ2v) is 6.14. The molecule has 0 radical (unpaired) electrons. The molecule has 2 amide bonds. The van der Waals surface area contributed by atoms with Crippen molar-refractivity contribution >= 4 is 17.5 Å². The largest absolute Gasteiger partial charge is 0.399 e. The Morgan fingerprint density at radius 1 is 1.25 bits per heavy atom. The Morgan fingerprint density at radius 2 is 1.83 bits per heavy atom. The molecular formula is C17H27N5O2. The number of aryl methyl sites for hydroxylation is 1. The van der Waals surface area contributed by atoms with E-state index in [2.05, 4.69) is 10.6 Å². The van der Waals surface area contributed by atoms with Crippen molar-refractivity contribution in [3.8, 4) is 0 Å². The van der Waals surface area contributed by atoms with Gasteiger partial charge in [0, 0.05) is 24.5 Å². The molecule has 0 aliphatic heterocycles. The van der Waals surface area contributed by atoms with Gasteiger partial charge in [-0.2, -0.15) is 0 Å². The van der Waals surface area contributed by atoms with Crippen molar-refractivity contribution in [2.24, 2.45) is 17.5 Å². The van der Waals surface area contributed by atoms with Crippen molar-refractivity contribution in [2.75, 3.05) is 11.9 Å². The number of anilines is 1. The number of benzene rings is 1. The first kappa shape index (κ1) is 19.5. The SMILES string of the molecule is CC(=O)NC(/C(N)=C/N(N)CC(=O)Nc1ccc(C)cc1)C(C)C. The Bertz CT molecular complexity index is 596. The van der Waals surface area contributed by atoms with Gasteiger partial charge in [-0.25, -0.2) is 5.84 Å². The fraction of sp³-hybridized carbons (Fsp3) is 0.412. The molecule has 0 spiro atoms. The molecule has 1 aromatic carbocycles. The smallest absolute Gasteiger partial charge is 0.245 e. The summed E-state index contributed by atoms with van der Waals surface area (Å²) < 4.78 is 0. The molecule has 0 saturated heterocycles. The number of nitrogens with two attached hydrogens (primary N) is 2. The van der Waals surface area contributed by atoms with E-state index in [-0.39, 0.29) is 30.3 Å². The van der Waals surface area contributed by atoms with Crippen LogP contribution in [-0.2, 0) is 9.59 Å². The molecule has 24 heavy (non-hydrogen) atoms. The standard InChI is InChI=1S/C17H27N5O2/c1-11(2)17(20-13(4)23)15(18)9-22(19)10-16(24)21-14-7-5-12(3)6-8-14/h5-9,11,17H,10,18-19H2,1-4H3,(H,20,23)(H,21,24)/b15-9-. The molecule has 7 nitrogen and oxygen atoms in total. The molecule has 0 bridgehead atoms. The topological polar surface area (TPSA) is 113 Å². The molecule has 1 atom stereocenters. The number of hydrogen-bond acceptors (Lipinski definition) is 5. The van der Waals surface area contributed by atoms with Gasteiger partial charge in [0.15, 0.2) is 0 Å². The second-order valence-electron chi connectivity index (χ2n) is 6.14. The molecule has 1 unspecified atom stereocenters. The lowest BCUT2D eigenvalue weighted by Gasteiger charge is -2.24. The molecule has 0 aliphatic carbocycles. The van der Waals surface area contributed by atoms with E-state index >= 15 is 0 Å². The average molecular weight is 333 g/mol. The van der Waals surface area contributed by atoms with Crippen molar-refractivity contribution < 1.29 is 9.59 Å². The Morgan fingerprint density at radius 3 is 2.33 bits per heavy atom. The van der Waals surface area contributed by atoms with Crippen LogP contribution < -0.4 is 22.2 Å². The second kappa shape index (κ2) is 8.93. The van der Waals surface area contributed by atoms with Crippen molar-refractivity contribution in [2.45, 2.75) is 33.7 Å². The number of hydrogen-bond donors (Lipinski definition) is 4. The van der Waals surface area contributed by atoms with Crippen LogP contribution in [0.3, 0.4) is 0 Å². The van der Waals surface area contributed by atoms with Gasteiger partial charge >= 0.3 is 0 Å². The van der Waals surface area contributed by atoms with E-state index < -0.39 is 0 Å². The quantitative estimate of drug-likeness (QED) is 0.440. The fourth-order valence-electron chi connectivity index (χ4n) is 2.17. The van der Waals surface area contributed by atoms with Crippen LogP contribution in [0.2, 0.25) is 0 Å². The number of rotatable bonds is 7. The summed E-state index contributed by atoms with van der Waals surface area (Å²) >= 11 is 0. The first-order valence-electron chi connectivity index (χ1n) is 7.81. The highest BCUT2D eigenvalue weighted by atomic mass is 16.2. The van der Waals surface area contributed by atoms with Crippen LogP contribution in [0, 0.1) is 12.8 Å². The van der Waals surface area contributed by atoms with Gasteiger partial charge < -0.3 is 21.4 Å². The zero-order valence-corrected chi connectivity index (χ0v) is 14.7. The predicted octanol–water partition coefficient (Wildman–Crippen LogP) is 1.07. The lowest BCUT2D eigenvalue weighted by atomic mass is 10.0. The average Bonchev–Trinajstić information content (AvgIpc) is 2.46. The molecule has 0 fully saturated rings. The highest BCUT2D eigenvalue weighted by Gasteiger charge is 2.18. The zero-order chi connectivity index (χ0) is 18.3. The highest BCUT2D eigenvalue weighted by molar-refractivity contribution is 5.92. The summed E-state index contributed by atoms with van der Waals surface area (Å²) in [6.45, 7) is 7.22. The normalized spacial score (nSPS) is 12.7. The van der Waals surface area contributed by atoms with Gasteiger partial charge in [-0.1, -0.05) is 31.5 Å². The molecule has 6 N–H and O–H groups in total. The number of amides is 2. The van der Waals surface area contributed by atoms with Gasteiger partial charge in [-0.15, -0.1) is 0 Å². The maximum absolute atomic E-state index is 12.0. The summed E-state index contributed by atoms with van der Waals surface area (Å²) in [6.07, 6.45) is 1.47. The van der Waals surface area contributed by atoms with E-state index in [1.165, 1.54) is 18.1 Å². The van der Waals surface area contributed by atoms with Gasteiger partial charge in [0.25, 0.3) is 0 Å². The van der Waals surface area contributed by atoms with Gasteiger partial charge in [-0.05, 0) is 25.0 Å². The van der Waals surface area contributed by atoms with Crippen LogP contribution in [0.25, 0.3) is 0 Å². The van der Waals surface area contributed by atoms with E-state index in [4.69, 9.17) is 11.6 Å². The number of carbonyl (C=O) groups excluding carboxylic acids is 2. The van der Waals surface area contributed by atoms with E-state index in [1.54, 1.807) is 0 Å². The summed E-state index contributed by atoms with van der Waals surface area (Å²) in [5, 5.41) is 6.73.